The van der Waals surface area contributed by atoms with Gasteiger partial charge in [-0.25, -0.2) is 4.79 Å². The Balaban J connectivity index is 1.38. The van der Waals surface area contributed by atoms with E-state index in [1.807, 2.05) is 41.2 Å². The fourth-order valence-corrected chi connectivity index (χ4v) is 5.51. The summed E-state index contributed by atoms with van der Waals surface area (Å²) in [5.74, 6) is -1.09. The molecule has 0 unspecified atom stereocenters. The minimum absolute atomic E-state index is 0.127. The second kappa shape index (κ2) is 8.24. The molecule has 1 saturated carbocycles. The van der Waals surface area contributed by atoms with Crippen molar-refractivity contribution in [2.24, 2.45) is 0 Å². The third kappa shape index (κ3) is 3.88. The highest BCUT2D eigenvalue weighted by molar-refractivity contribution is 6.30. The zero-order valence-electron chi connectivity index (χ0n) is 19.1. The lowest BCUT2D eigenvalue weighted by molar-refractivity contribution is 0.0696. The van der Waals surface area contributed by atoms with E-state index in [-0.39, 0.29) is 11.5 Å². The Bertz CT molecular complexity index is 1490. The number of halogens is 1. The van der Waals surface area contributed by atoms with Crippen molar-refractivity contribution in [1.82, 2.24) is 15.1 Å². The third-order valence-electron chi connectivity index (χ3n) is 7.25. The molecule has 1 amide bonds. The maximum atomic E-state index is 13.8. The summed E-state index contributed by atoms with van der Waals surface area (Å²) < 4.78 is 1.90. The van der Waals surface area contributed by atoms with E-state index in [0.29, 0.717) is 17.1 Å². The zero-order valence-corrected chi connectivity index (χ0v) is 19.8. The smallest absolute Gasteiger partial charge is 0.335 e. The summed E-state index contributed by atoms with van der Waals surface area (Å²) in [6, 6.07) is 16.5. The Labute approximate surface area is 207 Å². The molecule has 0 aliphatic heterocycles. The summed E-state index contributed by atoms with van der Waals surface area (Å²) in [5, 5.41) is 18.9. The van der Waals surface area contributed by atoms with Crippen molar-refractivity contribution in [3.63, 3.8) is 0 Å². The second-order valence-corrected chi connectivity index (χ2v) is 9.96. The topological polar surface area (TPSA) is 84.2 Å². The Morgan fingerprint density at radius 1 is 1.09 bits per heavy atom. The highest BCUT2D eigenvalue weighted by Crippen LogP contribution is 2.46. The normalized spacial score (nSPS) is 15.7. The number of benzene rings is 3. The molecule has 2 N–H and O–H groups in total. The van der Waals surface area contributed by atoms with Gasteiger partial charge in [-0.05, 0) is 84.7 Å². The molecule has 1 heterocycles. The van der Waals surface area contributed by atoms with Crippen LogP contribution in [0, 0.1) is 0 Å². The van der Waals surface area contributed by atoms with Gasteiger partial charge in [0.15, 0.2) is 0 Å². The van der Waals surface area contributed by atoms with Crippen LogP contribution in [0.2, 0.25) is 5.02 Å². The van der Waals surface area contributed by atoms with Crippen molar-refractivity contribution >= 4 is 34.4 Å². The van der Waals surface area contributed by atoms with Crippen LogP contribution in [0.3, 0.4) is 0 Å². The van der Waals surface area contributed by atoms with Gasteiger partial charge in [0.25, 0.3) is 5.91 Å². The lowest BCUT2D eigenvalue weighted by Crippen LogP contribution is -2.35. The molecule has 3 aromatic carbocycles. The maximum absolute atomic E-state index is 13.8. The standard InChI is InChI=1S/C28H24ClN3O3/c29-21-5-1-3-17(13-21)16-32-25-23(14-19-4-2-6-22(19)24(25)15-30-32)26(33)31-28(11-12-28)20-9-7-18(8-10-20)27(34)35/h1,3,5,7-10,13-15H,2,4,6,11-12,16H2,(H,31,33)(H,34,35). The summed E-state index contributed by atoms with van der Waals surface area (Å²) in [6.07, 6.45) is 6.57. The number of aryl methyl sites for hydroxylation is 2. The van der Waals surface area contributed by atoms with Gasteiger partial charge in [0.05, 0.1) is 34.9 Å². The van der Waals surface area contributed by atoms with Crippen LogP contribution in [0.5, 0.6) is 0 Å². The van der Waals surface area contributed by atoms with E-state index >= 15 is 0 Å². The number of aromatic nitrogens is 2. The lowest BCUT2D eigenvalue weighted by Gasteiger charge is -2.20. The van der Waals surface area contributed by atoms with Crippen molar-refractivity contribution in [2.45, 2.75) is 44.2 Å². The van der Waals surface area contributed by atoms with Crippen molar-refractivity contribution in [2.75, 3.05) is 0 Å². The van der Waals surface area contributed by atoms with Crippen LogP contribution < -0.4 is 5.32 Å². The van der Waals surface area contributed by atoms with Crippen LogP contribution in [0.15, 0.2) is 60.8 Å². The van der Waals surface area contributed by atoms with Crippen molar-refractivity contribution in [1.29, 1.82) is 0 Å². The summed E-state index contributed by atoms with van der Waals surface area (Å²) in [6.45, 7) is 0.519. The molecule has 7 heteroatoms. The van der Waals surface area contributed by atoms with Gasteiger partial charge >= 0.3 is 5.97 Å². The Kier molecular flexibility index (Phi) is 5.15. The lowest BCUT2D eigenvalue weighted by atomic mass is 9.99. The highest BCUT2D eigenvalue weighted by Gasteiger charge is 2.46. The van der Waals surface area contributed by atoms with Gasteiger partial charge in [-0.3, -0.25) is 9.48 Å². The van der Waals surface area contributed by atoms with Crippen molar-refractivity contribution < 1.29 is 14.7 Å². The average Bonchev–Trinajstić information content (AvgIpc) is 3.26. The highest BCUT2D eigenvalue weighted by atomic mass is 35.5. The predicted octanol–water partition coefficient (Wildman–Crippen LogP) is 5.34. The SMILES string of the molecule is O=C(O)c1ccc(C2(NC(=O)c3cc4c(c5cnn(Cc6cccc(Cl)c6)c35)CCC4)CC2)cc1. The molecule has 0 atom stereocenters. The van der Waals surface area contributed by atoms with Gasteiger partial charge in [-0.2, -0.15) is 5.10 Å². The molecule has 6 rings (SSSR count). The number of fused-ring (bicyclic) bond motifs is 3. The third-order valence-corrected chi connectivity index (χ3v) is 7.49. The number of nitrogens with zero attached hydrogens (tertiary/aromatic N) is 2. The van der Waals surface area contributed by atoms with Gasteiger partial charge in [-0.1, -0.05) is 35.9 Å². The number of hydrogen-bond acceptors (Lipinski definition) is 3. The average molecular weight is 486 g/mol. The summed E-state index contributed by atoms with van der Waals surface area (Å²) in [4.78, 5) is 25.0. The van der Waals surface area contributed by atoms with Gasteiger partial charge in [0.1, 0.15) is 0 Å². The molecule has 0 bridgehead atoms. The number of aromatic carboxylic acids is 1. The van der Waals surface area contributed by atoms with E-state index in [4.69, 9.17) is 11.6 Å². The fourth-order valence-electron chi connectivity index (χ4n) is 5.30. The van der Waals surface area contributed by atoms with Crippen LogP contribution >= 0.6 is 11.6 Å². The first-order valence-electron chi connectivity index (χ1n) is 11.8. The van der Waals surface area contributed by atoms with E-state index in [0.717, 1.165) is 54.1 Å². The van der Waals surface area contributed by atoms with E-state index in [1.165, 1.54) is 11.1 Å². The molecule has 4 aromatic rings. The zero-order chi connectivity index (χ0) is 24.2. The summed E-state index contributed by atoms with van der Waals surface area (Å²) in [5.41, 5.74) is 5.72. The number of carboxylic acid groups (broad SMARTS) is 1. The van der Waals surface area contributed by atoms with Crippen molar-refractivity contribution in [3.8, 4) is 0 Å². The molecule has 0 spiro atoms. The number of carboxylic acids is 1. The summed E-state index contributed by atoms with van der Waals surface area (Å²) >= 11 is 6.20. The molecule has 176 valence electrons. The number of rotatable bonds is 6. The Morgan fingerprint density at radius 3 is 2.60 bits per heavy atom. The molecular formula is C28H24ClN3O3. The van der Waals surface area contributed by atoms with Crippen LogP contribution in [0.4, 0.5) is 0 Å². The van der Waals surface area contributed by atoms with Crippen LogP contribution in [-0.2, 0) is 24.9 Å². The number of amides is 1. The van der Waals surface area contributed by atoms with Crippen molar-refractivity contribution in [3.05, 3.63) is 99.2 Å². The molecular weight excluding hydrogens is 462 g/mol. The molecule has 2 aliphatic rings. The van der Waals surface area contributed by atoms with Gasteiger partial charge < -0.3 is 10.4 Å². The van der Waals surface area contributed by atoms with E-state index < -0.39 is 11.5 Å². The minimum atomic E-state index is -0.959. The molecule has 1 aromatic heterocycles. The number of hydrogen-bond donors (Lipinski definition) is 2. The molecule has 6 nitrogen and oxygen atoms in total. The Morgan fingerprint density at radius 2 is 1.89 bits per heavy atom. The van der Waals surface area contributed by atoms with Crippen LogP contribution in [0.1, 0.15) is 62.2 Å². The first-order chi connectivity index (χ1) is 16.9. The van der Waals surface area contributed by atoms with Gasteiger partial charge in [0.2, 0.25) is 0 Å². The quantitative estimate of drug-likeness (QED) is 0.386. The van der Waals surface area contributed by atoms with E-state index in [9.17, 15) is 14.7 Å². The maximum Gasteiger partial charge on any atom is 0.335 e. The van der Waals surface area contributed by atoms with Crippen LogP contribution in [-0.4, -0.2) is 26.8 Å². The molecule has 0 radical (unpaired) electrons. The number of carbonyl (C=O) groups excluding carboxylic acids is 1. The van der Waals surface area contributed by atoms with E-state index in [2.05, 4.69) is 10.4 Å². The largest absolute Gasteiger partial charge is 0.478 e. The molecule has 2 aliphatic carbocycles. The minimum Gasteiger partial charge on any atom is -0.478 e. The van der Waals surface area contributed by atoms with Crippen LogP contribution in [0.25, 0.3) is 10.9 Å². The number of carbonyl (C=O) groups is 2. The second-order valence-electron chi connectivity index (χ2n) is 9.53. The molecule has 0 saturated heterocycles. The summed E-state index contributed by atoms with van der Waals surface area (Å²) in [7, 11) is 0. The first-order valence-corrected chi connectivity index (χ1v) is 12.2. The monoisotopic (exact) mass is 485 g/mol. The molecule has 35 heavy (non-hydrogen) atoms. The first kappa shape index (κ1) is 21.9. The van der Waals surface area contributed by atoms with E-state index in [1.54, 1.807) is 24.3 Å². The van der Waals surface area contributed by atoms with Gasteiger partial charge in [-0.15, -0.1) is 0 Å². The predicted molar refractivity (Wildman–Crippen MR) is 134 cm³/mol. The molecule has 1 fully saturated rings. The Hall–Kier alpha value is -3.64. The number of nitrogens with one attached hydrogen (secondary N) is 1. The fraction of sp³-hybridized carbons (Fsp3) is 0.250. The van der Waals surface area contributed by atoms with Gasteiger partial charge in [0, 0.05) is 10.4 Å².